The zero-order valence-corrected chi connectivity index (χ0v) is 51.1. The van der Waals surface area contributed by atoms with E-state index >= 15 is 0 Å². The van der Waals surface area contributed by atoms with Gasteiger partial charge in [0.1, 0.15) is 30.5 Å². The topological polar surface area (TPSA) is 265 Å². The fraction of sp³-hybridized carbons (Fsp3) is 0.967. The molecular formula is C61H116O17S. The second kappa shape index (κ2) is 43.1. The molecule has 468 valence electrons. The van der Waals surface area contributed by atoms with E-state index in [9.17, 15) is 53.2 Å². The zero-order valence-electron chi connectivity index (χ0n) is 50.3. The van der Waals surface area contributed by atoms with Crippen molar-refractivity contribution in [1.82, 2.24) is 0 Å². The molecule has 16 atom stereocenters. The zero-order chi connectivity index (χ0) is 58.6. The summed E-state index contributed by atoms with van der Waals surface area (Å²) in [5, 5.41) is 64.2. The summed E-state index contributed by atoms with van der Waals surface area (Å²) in [4.78, 5) is 27.6. The number of ether oxygens (including phenoxy) is 5. The van der Waals surface area contributed by atoms with Crippen LogP contribution in [0, 0.1) is 29.6 Å². The summed E-state index contributed by atoms with van der Waals surface area (Å²) in [6.45, 7) is 13.1. The fourth-order valence-corrected chi connectivity index (χ4v) is 12.3. The number of hydrogen-bond acceptors (Lipinski definition) is 16. The number of aliphatic hydroxyl groups excluding tert-OH is 6. The smallest absolute Gasteiger partial charge is 0.397 e. The van der Waals surface area contributed by atoms with Crippen LogP contribution < -0.4 is 0 Å². The summed E-state index contributed by atoms with van der Waals surface area (Å²) < 4.78 is 67.1. The average Bonchev–Trinajstić information content (AvgIpc) is 3.43. The number of unbranched alkanes of at least 4 members (excludes halogenated alkanes) is 26. The third-order valence-electron chi connectivity index (χ3n) is 16.4. The Labute approximate surface area is 478 Å². The van der Waals surface area contributed by atoms with E-state index in [1.54, 1.807) is 6.92 Å². The van der Waals surface area contributed by atoms with Crippen molar-refractivity contribution >= 4 is 22.3 Å². The molecule has 79 heavy (non-hydrogen) atoms. The quantitative estimate of drug-likeness (QED) is 0.0170. The summed E-state index contributed by atoms with van der Waals surface area (Å²) in [7, 11) is -5.32. The molecule has 0 unspecified atom stereocenters. The van der Waals surface area contributed by atoms with Gasteiger partial charge in [0.2, 0.25) is 6.29 Å². The maximum absolute atomic E-state index is 14.0. The SMILES string of the molecule is CCCCCCCCCCCCCCCCC[C@H](O)[C@H](C)C[C@H](C)C[C@H](C)C[C@H](C)C[C@@H](C)C(=O)O[C@@H]1[C@@H](O)[C@H](CO)O[C@@H](O[C@H]2O[C@H](CO)[C@@H](O)[C@H](O)[C@H]2OS(=O)(=O)O)[C@H]1OC(=O)CCCCCCCCCCCCCCC. The number of rotatable bonds is 48. The van der Waals surface area contributed by atoms with Crippen LogP contribution in [0.15, 0.2) is 0 Å². The minimum absolute atomic E-state index is 0.0587. The number of aliphatic hydroxyl groups is 6. The van der Waals surface area contributed by atoms with E-state index in [4.69, 9.17) is 23.7 Å². The number of carbonyl (C=O) groups is 2. The van der Waals surface area contributed by atoms with Crippen LogP contribution in [0.2, 0.25) is 0 Å². The molecule has 0 bridgehead atoms. The second-order valence-electron chi connectivity index (χ2n) is 24.3. The third-order valence-corrected chi connectivity index (χ3v) is 16.9. The van der Waals surface area contributed by atoms with Crippen molar-refractivity contribution in [3.05, 3.63) is 0 Å². The van der Waals surface area contributed by atoms with Crippen molar-refractivity contribution in [2.24, 2.45) is 29.6 Å². The van der Waals surface area contributed by atoms with Crippen LogP contribution in [0.5, 0.6) is 0 Å². The van der Waals surface area contributed by atoms with Gasteiger partial charge >= 0.3 is 22.3 Å². The summed E-state index contributed by atoms with van der Waals surface area (Å²) in [6.07, 6.45) is 19.1. The lowest BCUT2D eigenvalue weighted by Crippen LogP contribution is -2.65. The minimum atomic E-state index is -5.32. The van der Waals surface area contributed by atoms with Gasteiger partial charge in [-0.1, -0.05) is 222 Å². The predicted octanol–water partition coefficient (Wildman–Crippen LogP) is 11.4. The van der Waals surface area contributed by atoms with Crippen LogP contribution in [0.3, 0.4) is 0 Å². The van der Waals surface area contributed by atoms with Gasteiger partial charge in [0, 0.05) is 6.42 Å². The molecule has 17 nitrogen and oxygen atoms in total. The standard InChI is InChI=1S/C61H116O17S/c1-8-10-12-14-16-18-20-22-23-25-26-28-30-32-34-36-49(64)47(6)40-45(4)38-44(3)39-46(5)41-48(7)59(69)76-56-54(67)51(43-63)74-61(77-60-57(78-79(70,71)72)55(68)53(66)50(42-62)73-60)58(56)75-52(65)37-35-33-31-29-27-24-21-19-17-15-13-11-9-2/h44-51,53-58,60-64,66-68H,8-43H2,1-7H3,(H,70,71,72)/t44-,45+,46-,47+,48+,49-,50+,51-,53+,54-,55-,56+,57+,58-,60+,61-/m0/s1. The van der Waals surface area contributed by atoms with Crippen LogP contribution in [0.1, 0.15) is 267 Å². The van der Waals surface area contributed by atoms with Crippen LogP contribution in [0.25, 0.3) is 0 Å². The normalized spacial score (nSPS) is 26.1. The number of hydrogen-bond donors (Lipinski definition) is 7. The lowest BCUT2D eigenvalue weighted by molar-refractivity contribution is -0.374. The van der Waals surface area contributed by atoms with Crippen molar-refractivity contribution in [2.45, 2.75) is 334 Å². The van der Waals surface area contributed by atoms with Crippen molar-refractivity contribution in [3.8, 4) is 0 Å². The van der Waals surface area contributed by atoms with Gasteiger partial charge in [-0.25, -0.2) is 4.18 Å². The predicted molar refractivity (Wildman–Crippen MR) is 307 cm³/mol. The maximum atomic E-state index is 14.0. The Balaban J connectivity index is 1.99. The molecule has 0 spiro atoms. The average molecular weight is 1150 g/mol. The fourth-order valence-electron chi connectivity index (χ4n) is 11.9. The first-order valence-electron chi connectivity index (χ1n) is 31.7. The first-order valence-corrected chi connectivity index (χ1v) is 33.1. The molecule has 0 aromatic heterocycles. The van der Waals surface area contributed by atoms with E-state index in [1.165, 1.54) is 128 Å². The summed E-state index contributed by atoms with van der Waals surface area (Å²) in [5.41, 5.74) is 0. The highest BCUT2D eigenvalue weighted by atomic mass is 32.3. The molecule has 0 aromatic rings. The lowest BCUT2D eigenvalue weighted by Gasteiger charge is -2.46. The van der Waals surface area contributed by atoms with Gasteiger partial charge in [-0.05, 0) is 62.2 Å². The highest BCUT2D eigenvalue weighted by Crippen LogP contribution is 2.35. The lowest BCUT2D eigenvalue weighted by atomic mass is 9.82. The van der Waals surface area contributed by atoms with E-state index < -0.39 is 103 Å². The van der Waals surface area contributed by atoms with Gasteiger partial charge in [0.05, 0.1) is 25.2 Å². The molecule has 2 heterocycles. The van der Waals surface area contributed by atoms with Gasteiger partial charge in [-0.15, -0.1) is 0 Å². The molecule has 0 saturated carbocycles. The van der Waals surface area contributed by atoms with Crippen LogP contribution in [-0.4, -0.2) is 136 Å². The molecule has 0 aromatic carbocycles. The molecule has 0 aliphatic carbocycles. The van der Waals surface area contributed by atoms with Gasteiger partial charge in [-0.3, -0.25) is 14.1 Å². The molecule has 7 N–H and O–H groups in total. The second-order valence-corrected chi connectivity index (χ2v) is 25.4. The number of esters is 2. The van der Waals surface area contributed by atoms with Crippen molar-refractivity contribution in [3.63, 3.8) is 0 Å². The van der Waals surface area contributed by atoms with Gasteiger partial charge in [0.25, 0.3) is 0 Å². The first-order chi connectivity index (χ1) is 37.8. The minimum Gasteiger partial charge on any atom is -0.455 e. The summed E-state index contributed by atoms with van der Waals surface area (Å²) in [6, 6.07) is 0. The monoisotopic (exact) mass is 1150 g/mol. The Kier molecular flexibility index (Phi) is 40.2. The molecule has 2 saturated heterocycles. The van der Waals surface area contributed by atoms with E-state index in [0.29, 0.717) is 24.7 Å². The highest BCUT2D eigenvalue weighted by Gasteiger charge is 2.54. The molecule has 0 radical (unpaired) electrons. The Morgan fingerprint density at radius 3 is 1.33 bits per heavy atom. The van der Waals surface area contributed by atoms with Gasteiger partial charge in [-0.2, -0.15) is 8.42 Å². The van der Waals surface area contributed by atoms with Crippen molar-refractivity contribution in [1.29, 1.82) is 0 Å². The molecule has 2 aliphatic heterocycles. The maximum Gasteiger partial charge on any atom is 0.397 e. The largest absolute Gasteiger partial charge is 0.455 e. The number of carbonyl (C=O) groups excluding carboxylic acids is 2. The van der Waals surface area contributed by atoms with E-state index in [0.717, 1.165) is 70.6 Å². The highest BCUT2D eigenvalue weighted by molar-refractivity contribution is 7.80. The molecule has 2 fully saturated rings. The van der Waals surface area contributed by atoms with Crippen LogP contribution in [-0.2, 0) is 47.9 Å². The Morgan fingerprint density at radius 2 is 0.886 bits per heavy atom. The Bertz CT molecular complexity index is 1640. The van der Waals surface area contributed by atoms with Crippen molar-refractivity contribution < 1.29 is 81.1 Å². The summed E-state index contributed by atoms with van der Waals surface area (Å²) >= 11 is 0. The van der Waals surface area contributed by atoms with Gasteiger partial charge in [0.15, 0.2) is 24.6 Å². The first kappa shape index (κ1) is 73.6. The molecule has 18 heteroatoms. The van der Waals surface area contributed by atoms with Crippen LogP contribution >= 0.6 is 0 Å². The van der Waals surface area contributed by atoms with E-state index in [1.807, 2.05) is 0 Å². The molecule has 2 aliphatic rings. The van der Waals surface area contributed by atoms with E-state index in [2.05, 4.69) is 45.7 Å². The van der Waals surface area contributed by atoms with E-state index in [-0.39, 0.29) is 24.4 Å². The molecule has 2 rings (SSSR count). The Hall–Kier alpha value is -1.55. The summed E-state index contributed by atoms with van der Waals surface area (Å²) in [5.74, 6) is -1.20. The van der Waals surface area contributed by atoms with Crippen molar-refractivity contribution in [2.75, 3.05) is 13.2 Å². The van der Waals surface area contributed by atoms with Gasteiger partial charge < -0.3 is 54.3 Å². The van der Waals surface area contributed by atoms with Crippen LogP contribution in [0.4, 0.5) is 0 Å². The third kappa shape index (κ3) is 31.8. The Morgan fingerprint density at radius 1 is 0.494 bits per heavy atom. The molecule has 0 amide bonds. The molecular weight excluding hydrogens is 1040 g/mol.